The molecule has 1 aromatic heterocycles. The summed E-state index contributed by atoms with van der Waals surface area (Å²) in [7, 11) is 1.64. The first-order valence-electron chi connectivity index (χ1n) is 7.51. The van der Waals surface area contributed by atoms with Gasteiger partial charge in [0.25, 0.3) is 0 Å². The number of ether oxygens (including phenoxy) is 2. The molecule has 124 valence electrons. The molecule has 2 aromatic rings. The highest BCUT2D eigenvalue weighted by Gasteiger charge is 2.03. The molecule has 5 nitrogen and oxygen atoms in total. The summed E-state index contributed by atoms with van der Waals surface area (Å²) in [5, 5.41) is 7.73. The Kier molecular flexibility index (Phi) is 7.59. The van der Waals surface area contributed by atoms with Crippen molar-refractivity contribution in [3.8, 4) is 0 Å². The molecule has 0 radical (unpaired) electrons. The smallest absolute Gasteiger partial charge is 0.319 e. The van der Waals surface area contributed by atoms with Crippen LogP contribution in [0.1, 0.15) is 10.4 Å². The molecule has 6 heteroatoms. The van der Waals surface area contributed by atoms with Crippen LogP contribution in [0.4, 0.5) is 10.5 Å². The highest BCUT2D eigenvalue weighted by molar-refractivity contribution is 7.09. The maximum absolute atomic E-state index is 11.9. The predicted octanol–water partition coefficient (Wildman–Crippen LogP) is 3.28. The van der Waals surface area contributed by atoms with E-state index in [1.807, 2.05) is 35.7 Å². The first kappa shape index (κ1) is 17.5. The molecule has 0 saturated carbocycles. The minimum atomic E-state index is -0.195. The fourth-order valence-electron chi connectivity index (χ4n) is 2.00. The maximum Gasteiger partial charge on any atom is 0.319 e. The standard InChI is InChI=1S/C17H22N2O3S/c1-21-9-10-22-13-14-4-2-5-15(12-14)19-17(20)18-8-7-16-6-3-11-23-16/h2-6,11-12H,7-10,13H2,1H3,(H2,18,19,20). The van der Waals surface area contributed by atoms with E-state index < -0.39 is 0 Å². The summed E-state index contributed by atoms with van der Waals surface area (Å²) in [6.45, 7) is 2.24. The average Bonchev–Trinajstić information content (AvgIpc) is 3.05. The zero-order valence-electron chi connectivity index (χ0n) is 13.2. The molecular weight excluding hydrogens is 312 g/mol. The van der Waals surface area contributed by atoms with Crippen LogP contribution >= 0.6 is 11.3 Å². The molecule has 2 amide bonds. The Morgan fingerprint density at radius 3 is 2.91 bits per heavy atom. The number of carbonyl (C=O) groups is 1. The van der Waals surface area contributed by atoms with Crippen LogP contribution in [0.2, 0.25) is 0 Å². The van der Waals surface area contributed by atoms with Crippen LogP contribution in [0.25, 0.3) is 0 Å². The highest BCUT2D eigenvalue weighted by Crippen LogP contribution is 2.12. The number of rotatable bonds is 9. The van der Waals surface area contributed by atoms with Gasteiger partial charge in [0.05, 0.1) is 19.8 Å². The van der Waals surface area contributed by atoms with Gasteiger partial charge in [0.15, 0.2) is 0 Å². The largest absolute Gasteiger partial charge is 0.382 e. The van der Waals surface area contributed by atoms with Crippen LogP contribution in [0.15, 0.2) is 41.8 Å². The van der Waals surface area contributed by atoms with Crippen LogP contribution in [0.3, 0.4) is 0 Å². The maximum atomic E-state index is 11.9. The molecule has 0 bridgehead atoms. The Bertz CT molecular complexity index is 587. The minimum absolute atomic E-state index is 0.195. The summed E-state index contributed by atoms with van der Waals surface area (Å²) >= 11 is 1.70. The van der Waals surface area contributed by atoms with Crippen molar-refractivity contribution < 1.29 is 14.3 Å². The van der Waals surface area contributed by atoms with Crippen molar-refractivity contribution in [3.63, 3.8) is 0 Å². The highest BCUT2D eigenvalue weighted by atomic mass is 32.1. The molecule has 23 heavy (non-hydrogen) atoms. The SMILES string of the molecule is COCCOCc1cccc(NC(=O)NCCc2cccs2)c1. The lowest BCUT2D eigenvalue weighted by Gasteiger charge is -2.09. The number of thiophene rings is 1. The molecule has 0 unspecified atom stereocenters. The van der Waals surface area contributed by atoms with E-state index in [0.717, 1.165) is 17.7 Å². The van der Waals surface area contributed by atoms with Crippen molar-refractivity contribution in [2.45, 2.75) is 13.0 Å². The number of hydrogen-bond donors (Lipinski definition) is 2. The normalized spacial score (nSPS) is 10.5. The van der Waals surface area contributed by atoms with Gasteiger partial charge in [-0.2, -0.15) is 0 Å². The van der Waals surface area contributed by atoms with E-state index in [-0.39, 0.29) is 6.03 Å². The molecule has 0 atom stereocenters. The molecule has 0 aliphatic rings. The van der Waals surface area contributed by atoms with Crippen LogP contribution < -0.4 is 10.6 Å². The number of amides is 2. The summed E-state index contributed by atoms with van der Waals surface area (Å²) in [5.74, 6) is 0. The first-order valence-corrected chi connectivity index (χ1v) is 8.39. The van der Waals surface area contributed by atoms with E-state index in [0.29, 0.717) is 26.4 Å². The Hall–Kier alpha value is -1.89. The number of benzene rings is 1. The Morgan fingerprint density at radius 1 is 1.22 bits per heavy atom. The van der Waals surface area contributed by atoms with Crippen molar-refractivity contribution in [1.29, 1.82) is 0 Å². The lowest BCUT2D eigenvalue weighted by Crippen LogP contribution is -2.30. The topological polar surface area (TPSA) is 59.6 Å². The van der Waals surface area contributed by atoms with Gasteiger partial charge < -0.3 is 20.1 Å². The van der Waals surface area contributed by atoms with Crippen molar-refractivity contribution in [2.24, 2.45) is 0 Å². The molecule has 2 N–H and O–H groups in total. The lowest BCUT2D eigenvalue weighted by atomic mass is 10.2. The van der Waals surface area contributed by atoms with Gasteiger partial charge in [0, 0.05) is 24.2 Å². The second kappa shape index (κ2) is 9.99. The summed E-state index contributed by atoms with van der Waals surface area (Å²) in [5.41, 5.74) is 1.77. The van der Waals surface area contributed by atoms with Crippen molar-refractivity contribution >= 4 is 23.1 Å². The predicted molar refractivity (Wildman–Crippen MR) is 93.0 cm³/mol. The zero-order chi connectivity index (χ0) is 16.3. The van der Waals surface area contributed by atoms with Gasteiger partial charge in [-0.1, -0.05) is 18.2 Å². The minimum Gasteiger partial charge on any atom is -0.382 e. The summed E-state index contributed by atoms with van der Waals surface area (Å²) in [4.78, 5) is 13.1. The van der Waals surface area contributed by atoms with Crippen molar-refractivity contribution in [3.05, 3.63) is 52.2 Å². The van der Waals surface area contributed by atoms with Crippen molar-refractivity contribution in [1.82, 2.24) is 5.32 Å². The van der Waals surface area contributed by atoms with Gasteiger partial charge in [0.2, 0.25) is 0 Å². The molecule has 1 aromatic carbocycles. The van der Waals surface area contributed by atoms with Crippen LogP contribution in [-0.4, -0.2) is 32.9 Å². The molecule has 0 aliphatic heterocycles. The fraction of sp³-hybridized carbons (Fsp3) is 0.353. The molecule has 1 heterocycles. The first-order chi connectivity index (χ1) is 11.3. The van der Waals surface area contributed by atoms with Crippen LogP contribution in [0, 0.1) is 0 Å². The molecular formula is C17H22N2O3S. The number of anilines is 1. The van der Waals surface area contributed by atoms with Gasteiger partial charge in [-0.15, -0.1) is 11.3 Å². The quantitative estimate of drug-likeness (QED) is 0.692. The van der Waals surface area contributed by atoms with Gasteiger partial charge in [-0.25, -0.2) is 4.79 Å². The van der Waals surface area contributed by atoms with Crippen LogP contribution in [0.5, 0.6) is 0 Å². The summed E-state index contributed by atoms with van der Waals surface area (Å²) in [6, 6.07) is 11.5. The molecule has 0 fully saturated rings. The number of urea groups is 1. The Morgan fingerprint density at radius 2 is 2.13 bits per heavy atom. The monoisotopic (exact) mass is 334 g/mol. The Labute approximate surface area is 140 Å². The Balaban J connectivity index is 1.72. The number of nitrogens with one attached hydrogen (secondary N) is 2. The molecule has 0 saturated heterocycles. The third-order valence-corrected chi connectivity index (χ3v) is 4.06. The summed E-state index contributed by atoms with van der Waals surface area (Å²) in [6.07, 6.45) is 0.846. The third kappa shape index (κ3) is 6.81. The second-order valence-electron chi connectivity index (χ2n) is 4.96. The number of methoxy groups -OCH3 is 1. The van der Waals surface area contributed by atoms with Gasteiger partial charge in [0.1, 0.15) is 0 Å². The van der Waals surface area contributed by atoms with Crippen LogP contribution in [-0.2, 0) is 22.5 Å². The molecule has 0 aliphatic carbocycles. The van der Waals surface area contributed by atoms with Gasteiger partial charge >= 0.3 is 6.03 Å². The van der Waals surface area contributed by atoms with E-state index in [1.165, 1.54) is 4.88 Å². The van der Waals surface area contributed by atoms with Gasteiger partial charge in [-0.3, -0.25) is 0 Å². The molecule has 0 spiro atoms. The average molecular weight is 334 g/mol. The number of hydrogen-bond acceptors (Lipinski definition) is 4. The van der Waals surface area contributed by atoms with E-state index in [2.05, 4.69) is 16.7 Å². The fourth-order valence-corrected chi connectivity index (χ4v) is 2.71. The third-order valence-electron chi connectivity index (χ3n) is 3.12. The number of carbonyl (C=O) groups excluding carboxylic acids is 1. The van der Waals surface area contributed by atoms with Gasteiger partial charge in [-0.05, 0) is 35.6 Å². The lowest BCUT2D eigenvalue weighted by molar-refractivity contribution is 0.0617. The van der Waals surface area contributed by atoms with E-state index in [9.17, 15) is 4.79 Å². The van der Waals surface area contributed by atoms with E-state index >= 15 is 0 Å². The molecule has 2 rings (SSSR count). The van der Waals surface area contributed by atoms with E-state index in [1.54, 1.807) is 18.4 Å². The second-order valence-corrected chi connectivity index (χ2v) is 5.99. The zero-order valence-corrected chi connectivity index (χ0v) is 14.0. The van der Waals surface area contributed by atoms with E-state index in [4.69, 9.17) is 9.47 Å². The summed E-state index contributed by atoms with van der Waals surface area (Å²) < 4.78 is 10.4. The van der Waals surface area contributed by atoms with Crippen molar-refractivity contribution in [2.75, 3.05) is 32.2 Å².